The lowest BCUT2D eigenvalue weighted by Gasteiger charge is -2.37. The van der Waals surface area contributed by atoms with Gasteiger partial charge in [-0.25, -0.2) is 4.79 Å². The first-order valence-electron chi connectivity index (χ1n) is 8.42. The molecule has 0 radical (unpaired) electrons. The van der Waals surface area contributed by atoms with Crippen molar-refractivity contribution in [2.45, 2.75) is 69.4 Å². The molecule has 0 unspecified atom stereocenters. The molecule has 0 aromatic heterocycles. The Bertz CT molecular complexity index is 558. The van der Waals surface area contributed by atoms with Crippen LogP contribution >= 0.6 is 0 Å². The Morgan fingerprint density at radius 2 is 1.88 bits per heavy atom. The predicted molar refractivity (Wildman–Crippen MR) is 87.2 cm³/mol. The highest BCUT2D eigenvalue weighted by molar-refractivity contribution is 5.86. The molecule has 2 amide bonds. The van der Waals surface area contributed by atoms with E-state index < -0.39 is 47.8 Å². The van der Waals surface area contributed by atoms with E-state index in [0.717, 1.165) is 38.2 Å². The number of ether oxygens (including phenoxy) is 1. The second kappa shape index (κ2) is 8.30. The minimum absolute atomic E-state index is 0.0260. The summed E-state index contributed by atoms with van der Waals surface area (Å²) in [7, 11) is 0. The average molecular weight is 355 g/mol. The predicted octanol–water partition coefficient (Wildman–Crippen LogP) is -1.00. The molecule has 9 heteroatoms. The zero-order valence-electron chi connectivity index (χ0n) is 14.1. The summed E-state index contributed by atoms with van der Waals surface area (Å²) in [4.78, 5) is 34.9. The topological polar surface area (TPSA) is 151 Å². The lowest BCUT2D eigenvalue weighted by Crippen LogP contribution is -2.62. The fourth-order valence-electron chi connectivity index (χ4n) is 3.23. The summed E-state index contributed by atoms with van der Waals surface area (Å²) in [5.41, 5.74) is 5.89. The van der Waals surface area contributed by atoms with Crippen molar-refractivity contribution < 1.29 is 29.3 Å². The maximum atomic E-state index is 12.4. The van der Waals surface area contributed by atoms with Gasteiger partial charge in [0.25, 0.3) is 5.91 Å². The minimum Gasteiger partial charge on any atom is -0.478 e. The van der Waals surface area contributed by atoms with Gasteiger partial charge in [-0.1, -0.05) is 19.3 Å². The smallest absolute Gasteiger partial charge is 0.370 e. The molecule has 0 aromatic carbocycles. The number of aliphatic carboxylic acids is 1. The number of rotatable bonds is 5. The summed E-state index contributed by atoms with van der Waals surface area (Å²) < 4.78 is 5.26. The van der Waals surface area contributed by atoms with Gasteiger partial charge in [0.1, 0.15) is 0 Å². The van der Waals surface area contributed by atoms with Crippen LogP contribution in [0.3, 0.4) is 0 Å². The fraction of sp³-hybridized carbons (Fsp3) is 0.688. The van der Waals surface area contributed by atoms with Crippen molar-refractivity contribution >= 4 is 17.8 Å². The first-order chi connectivity index (χ1) is 11.8. The van der Waals surface area contributed by atoms with Crippen molar-refractivity contribution in [1.29, 1.82) is 0 Å². The number of hydrogen-bond donors (Lipinski definition) is 5. The second-order valence-corrected chi connectivity index (χ2v) is 6.51. The van der Waals surface area contributed by atoms with Gasteiger partial charge in [-0.15, -0.1) is 0 Å². The van der Waals surface area contributed by atoms with Crippen LogP contribution in [0.5, 0.6) is 0 Å². The fourth-order valence-corrected chi connectivity index (χ4v) is 3.23. The van der Waals surface area contributed by atoms with E-state index in [1.54, 1.807) is 0 Å². The van der Waals surface area contributed by atoms with Crippen LogP contribution in [0, 0.1) is 0 Å². The SMILES string of the molecule is CC(=O)N[C@H]1[C@H]([C@H](O)C(=O)NC2CCCCC2)OC(C(=O)O)=C[C@@H]1N. The van der Waals surface area contributed by atoms with Crippen LogP contribution in [0.1, 0.15) is 39.0 Å². The van der Waals surface area contributed by atoms with Gasteiger partial charge in [-0.2, -0.15) is 0 Å². The third-order valence-electron chi connectivity index (χ3n) is 4.49. The quantitative estimate of drug-likeness (QED) is 0.424. The molecule has 1 aliphatic heterocycles. The van der Waals surface area contributed by atoms with Crippen LogP contribution in [0.15, 0.2) is 11.8 Å². The molecule has 0 saturated heterocycles. The maximum Gasteiger partial charge on any atom is 0.370 e. The molecule has 6 N–H and O–H groups in total. The van der Waals surface area contributed by atoms with Crippen LogP contribution in [0.4, 0.5) is 0 Å². The Labute approximate surface area is 145 Å². The molecule has 140 valence electrons. The van der Waals surface area contributed by atoms with E-state index in [2.05, 4.69) is 10.6 Å². The van der Waals surface area contributed by atoms with Crippen molar-refractivity contribution in [3.05, 3.63) is 11.8 Å². The molecule has 1 saturated carbocycles. The van der Waals surface area contributed by atoms with Crippen LogP contribution in [-0.4, -0.2) is 58.3 Å². The number of aliphatic hydroxyl groups is 1. The lowest BCUT2D eigenvalue weighted by atomic mass is 9.93. The van der Waals surface area contributed by atoms with E-state index in [4.69, 9.17) is 15.6 Å². The summed E-state index contributed by atoms with van der Waals surface area (Å²) in [6.45, 7) is 1.26. The normalized spacial score (nSPS) is 28.3. The van der Waals surface area contributed by atoms with E-state index in [1.807, 2.05) is 0 Å². The number of carbonyl (C=O) groups is 3. The molecule has 4 atom stereocenters. The standard InChI is InChI=1S/C16H25N3O6/c1-8(20)18-12-10(17)7-11(16(23)24)25-14(12)13(21)15(22)19-9-5-3-2-4-6-9/h7,9-10,12-14,21H,2-6,17H2,1H3,(H,18,20)(H,19,22)(H,23,24)/t10-,12+,13-,14+/m0/s1. The van der Waals surface area contributed by atoms with Crippen LogP contribution in [0.25, 0.3) is 0 Å². The average Bonchev–Trinajstić information content (AvgIpc) is 2.56. The highest BCUT2D eigenvalue weighted by Crippen LogP contribution is 2.22. The summed E-state index contributed by atoms with van der Waals surface area (Å²) in [5.74, 6) is -2.91. The van der Waals surface area contributed by atoms with Gasteiger partial charge in [-0.05, 0) is 18.9 Å². The van der Waals surface area contributed by atoms with Gasteiger partial charge in [-0.3, -0.25) is 9.59 Å². The number of carbonyl (C=O) groups excluding carboxylic acids is 2. The van der Waals surface area contributed by atoms with Gasteiger partial charge in [0.05, 0.1) is 12.1 Å². The van der Waals surface area contributed by atoms with Crippen LogP contribution in [-0.2, 0) is 19.1 Å². The third kappa shape index (κ3) is 4.93. The highest BCUT2D eigenvalue weighted by Gasteiger charge is 2.43. The molecule has 2 rings (SSSR count). The van der Waals surface area contributed by atoms with E-state index in [-0.39, 0.29) is 6.04 Å². The molecular formula is C16H25N3O6. The Morgan fingerprint density at radius 3 is 2.44 bits per heavy atom. The first-order valence-corrected chi connectivity index (χ1v) is 8.42. The van der Waals surface area contributed by atoms with Crippen molar-refractivity contribution in [2.75, 3.05) is 0 Å². The molecule has 0 spiro atoms. The van der Waals surface area contributed by atoms with E-state index in [0.29, 0.717) is 0 Å². The number of aliphatic hydroxyl groups excluding tert-OH is 1. The number of amides is 2. The summed E-state index contributed by atoms with van der Waals surface area (Å²) >= 11 is 0. The Morgan fingerprint density at radius 1 is 1.24 bits per heavy atom. The van der Waals surface area contributed by atoms with Gasteiger partial charge in [0.15, 0.2) is 12.2 Å². The molecule has 25 heavy (non-hydrogen) atoms. The van der Waals surface area contributed by atoms with Crippen LogP contribution in [0.2, 0.25) is 0 Å². The molecule has 0 aromatic rings. The Hall–Kier alpha value is -2.13. The molecular weight excluding hydrogens is 330 g/mol. The van der Waals surface area contributed by atoms with Gasteiger partial charge in [0, 0.05) is 13.0 Å². The first kappa shape index (κ1) is 19.2. The largest absolute Gasteiger partial charge is 0.478 e. The lowest BCUT2D eigenvalue weighted by molar-refractivity contribution is -0.148. The number of carboxylic acids is 1. The van der Waals surface area contributed by atoms with Crippen molar-refractivity contribution in [3.63, 3.8) is 0 Å². The summed E-state index contributed by atoms with van der Waals surface area (Å²) in [6.07, 6.45) is 2.99. The summed E-state index contributed by atoms with van der Waals surface area (Å²) in [6, 6.07) is -1.86. The van der Waals surface area contributed by atoms with E-state index >= 15 is 0 Å². The molecule has 1 heterocycles. The molecule has 1 fully saturated rings. The number of carboxylic acid groups (broad SMARTS) is 1. The van der Waals surface area contributed by atoms with Gasteiger partial charge in [0.2, 0.25) is 11.7 Å². The minimum atomic E-state index is -1.66. The molecule has 0 bridgehead atoms. The Kier molecular flexibility index (Phi) is 6.38. The highest BCUT2D eigenvalue weighted by atomic mass is 16.5. The van der Waals surface area contributed by atoms with Crippen LogP contribution < -0.4 is 16.4 Å². The number of nitrogens with one attached hydrogen (secondary N) is 2. The van der Waals surface area contributed by atoms with Gasteiger partial charge >= 0.3 is 5.97 Å². The molecule has 1 aliphatic carbocycles. The van der Waals surface area contributed by atoms with E-state index in [9.17, 15) is 19.5 Å². The second-order valence-electron chi connectivity index (χ2n) is 6.51. The molecule has 2 aliphatic rings. The van der Waals surface area contributed by atoms with Crippen molar-refractivity contribution in [1.82, 2.24) is 10.6 Å². The summed E-state index contributed by atoms with van der Waals surface area (Å²) in [5, 5.41) is 24.8. The zero-order valence-corrected chi connectivity index (χ0v) is 14.1. The van der Waals surface area contributed by atoms with Crippen molar-refractivity contribution in [2.24, 2.45) is 5.73 Å². The maximum absolute atomic E-state index is 12.4. The van der Waals surface area contributed by atoms with Crippen molar-refractivity contribution in [3.8, 4) is 0 Å². The van der Waals surface area contributed by atoms with E-state index in [1.165, 1.54) is 6.92 Å². The molecule has 9 nitrogen and oxygen atoms in total. The number of nitrogens with two attached hydrogens (primary N) is 1. The number of hydrogen-bond acceptors (Lipinski definition) is 6. The zero-order chi connectivity index (χ0) is 18.6. The Balaban J connectivity index is 2.12. The van der Waals surface area contributed by atoms with Gasteiger partial charge < -0.3 is 31.3 Å². The monoisotopic (exact) mass is 355 g/mol. The third-order valence-corrected chi connectivity index (χ3v) is 4.49.